The molecule has 3 N–H and O–H groups in total. The van der Waals surface area contributed by atoms with Gasteiger partial charge in [0.1, 0.15) is 5.52 Å². The summed E-state index contributed by atoms with van der Waals surface area (Å²) < 4.78 is 15.9. The van der Waals surface area contributed by atoms with Crippen molar-refractivity contribution in [2.24, 2.45) is 7.05 Å². The van der Waals surface area contributed by atoms with Gasteiger partial charge in [-0.25, -0.2) is 14.2 Å². The van der Waals surface area contributed by atoms with Crippen LogP contribution in [0.25, 0.3) is 21.8 Å². The molecule has 1 aliphatic rings. The Morgan fingerprint density at radius 1 is 1.23 bits per heavy atom. The monoisotopic (exact) mass is 421 g/mol. The second-order valence-electron chi connectivity index (χ2n) is 7.50. The van der Waals surface area contributed by atoms with Gasteiger partial charge in [0.05, 0.1) is 11.1 Å². The maximum absolute atomic E-state index is 14.4. The van der Waals surface area contributed by atoms with Gasteiger partial charge in [-0.1, -0.05) is 0 Å². The van der Waals surface area contributed by atoms with Gasteiger partial charge in [-0.2, -0.15) is 5.10 Å². The van der Waals surface area contributed by atoms with Gasteiger partial charge in [0.25, 0.3) is 5.91 Å². The van der Waals surface area contributed by atoms with Crippen molar-refractivity contribution in [3.63, 3.8) is 0 Å². The van der Waals surface area contributed by atoms with E-state index >= 15 is 0 Å². The Kier molecular flexibility index (Phi) is 4.63. The molecule has 2 aromatic heterocycles. The number of nitrogens with one attached hydrogen (secondary N) is 3. The lowest BCUT2D eigenvalue weighted by atomic mass is 10.1. The second kappa shape index (κ2) is 7.47. The highest BCUT2D eigenvalue weighted by molar-refractivity contribution is 6.14. The third-order valence-electron chi connectivity index (χ3n) is 5.40. The molecule has 9 nitrogen and oxygen atoms in total. The van der Waals surface area contributed by atoms with E-state index in [4.69, 9.17) is 0 Å². The van der Waals surface area contributed by atoms with Gasteiger partial charge >= 0.3 is 5.69 Å². The Balaban J connectivity index is 1.54. The number of hydrogen-bond acceptors (Lipinski definition) is 6. The number of carbonyl (C=O) groups excluding carboxylic acids is 1. The van der Waals surface area contributed by atoms with E-state index < -0.39 is 17.4 Å². The zero-order valence-corrected chi connectivity index (χ0v) is 16.8. The summed E-state index contributed by atoms with van der Waals surface area (Å²) in [5.74, 6) is -0.980. The summed E-state index contributed by atoms with van der Waals surface area (Å²) in [7, 11) is 1.70. The number of carbonyl (C=O) groups is 1. The maximum atomic E-state index is 14.4. The van der Waals surface area contributed by atoms with Gasteiger partial charge in [0.2, 0.25) is 0 Å². The number of aromatic amines is 1. The predicted molar refractivity (Wildman–Crippen MR) is 116 cm³/mol. The summed E-state index contributed by atoms with van der Waals surface area (Å²) in [5.41, 5.74) is 1.58. The Morgan fingerprint density at radius 2 is 2.03 bits per heavy atom. The minimum Gasteiger partial charge on any atom is -0.368 e. The van der Waals surface area contributed by atoms with Gasteiger partial charge in [0, 0.05) is 67.8 Å². The van der Waals surface area contributed by atoms with Crippen LogP contribution in [0.5, 0.6) is 0 Å². The summed E-state index contributed by atoms with van der Waals surface area (Å²) in [6, 6.07) is 6.41. The molecule has 0 radical (unpaired) electrons. The maximum Gasteiger partial charge on any atom is 0.345 e. The van der Waals surface area contributed by atoms with E-state index in [1.165, 1.54) is 16.9 Å². The van der Waals surface area contributed by atoms with E-state index in [1.807, 2.05) is 6.07 Å². The largest absolute Gasteiger partial charge is 0.368 e. The van der Waals surface area contributed by atoms with E-state index in [-0.39, 0.29) is 11.1 Å². The number of amides is 1. The molecular formula is C21H20FN7O2. The average molecular weight is 421 g/mol. The SMILES string of the molecule is Cn1cc2cc(NC(=O)c3ccc(N4CCNCC4)c4cnc(=O)[nH]c34)cc(F)c2n1. The molecule has 0 spiro atoms. The van der Waals surface area contributed by atoms with Gasteiger partial charge in [-0.05, 0) is 24.3 Å². The number of H-pyrrole nitrogens is 1. The number of rotatable bonds is 3. The number of halogens is 1. The van der Waals surface area contributed by atoms with Crippen LogP contribution in [0.4, 0.5) is 15.8 Å². The first kappa shape index (κ1) is 19.2. The van der Waals surface area contributed by atoms with Gasteiger partial charge in [-0.3, -0.25) is 9.48 Å². The van der Waals surface area contributed by atoms with Crippen molar-refractivity contribution < 1.29 is 9.18 Å². The summed E-state index contributed by atoms with van der Waals surface area (Å²) in [6.07, 6.45) is 3.17. The topological polar surface area (TPSA) is 108 Å². The Labute approximate surface area is 175 Å². The van der Waals surface area contributed by atoms with E-state index in [0.717, 1.165) is 31.9 Å². The molecule has 2 aromatic carbocycles. The normalized spacial score (nSPS) is 14.3. The van der Waals surface area contributed by atoms with Crippen LogP contribution < -0.4 is 21.2 Å². The highest BCUT2D eigenvalue weighted by Gasteiger charge is 2.19. The summed E-state index contributed by atoms with van der Waals surface area (Å²) >= 11 is 0. The quantitative estimate of drug-likeness (QED) is 0.464. The minimum absolute atomic E-state index is 0.238. The fraction of sp³-hybridized carbons (Fsp3) is 0.238. The zero-order valence-electron chi connectivity index (χ0n) is 16.8. The first-order valence-corrected chi connectivity index (χ1v) is 9.91. The Hall–Kier alpha value is -3.79. The molecule has 1 fully saturated rings. The zero-order chi connectivity index (χ0) is 21.5. The molecule has 1 saturated heterocycles. The van der Waals surface area contributed by atoms with Crippen molar-refractivity contribution in [2.75, 3.05) is 36.4 Å². The molecule has 0 atom stereocenters. The van der Waals surface area contributed by atoms with Crippen LogP contribution in [-0.2, 0) is 7.05 Å². The van der Waals surface area contributed by atoms with Crippen molar-refractivity contribution in [3.8, 4) is 0 Å². The molecule has 10 heteroatoms. The lowest BCUT2D eigenvalue weighted by Crippen LogP contribution is -2.43. The molecule has 158 valence electrons. The third kappa shape index (κ3) is 3.50. The molecule has 1 amide bonds. The fourth-order valence-electron chi connectivity index (χ4n) is 3.99. The molecule has 0 unspecified atom stereocenters. The van der Waals surface area contributed by atoms with Crippen LogP contribution >= 0.6 is 0 Å². The Morgan fingerprint density at radius 3 is 2.84 bits per heavy atom. The number of fused-ring (bicyclic) bond motifs is 2. The van der Waals surface area contributed by atoms with Crippen molar-refractivity contribution >= 4 is 39.1 Å². The lowest BCUT2D eigenvalue weighted by molar-refractivity contribution is 0.102. The van der Waals surface area contributed by atoms with Gasteiger partial charge < -0.3 is 20.5 Å². The molecule has 5 rings (SSSR count). The minimum atomic E-state index is -0.540. The van der Waals surface area contributed by atoms with E-state index in [9.17, 15) is 14.0 Å². The van der Waals surface area contributed by atoms with Gasteiger partial charge in [0.15, 0.2) is 5.82 Å². The highest BCUT2D eigenvalue weighted by atomic mass is 19.1. The molecule has 3 heterocycles. The number of benzene rings is 2. The third-order valence-corrected chi connectivity index (χ3v) is 5.40. The Bertz CT molecular complexity index is 1370. The van der Waals surface area contributed by atoms with Crippen LogP contribution in [-0.4, -0.2) is 51.8 Å². The van der Waals surface area contributed by atoms with E-state index in [0.29, 0.717) is 22.0 Å². The molecule has 0 aliphatic carbocycles. The van der Waals surface area contributed by atoms with Crippen LogP contribution in [0.15, 0.2) is 41.5 Å². The second-order valence-corrected chi connectivity index (χ2v) is 7.50. The van der Waals surface area contributed by atoms with Crippen LogP contribution in [0.2, 0.25) is 0 Å². The number of aryl methyl sites for hydroxylation is 1. The van der Waals surface area contributed by atoms with E-state index in [1.54, 1.807) is 25.4 Å². The van der Waals surface area contributed by atoms with Crippen LogP contribution in [0.3, 0.4) is 0 Å². The van der Waals surface area contributed by atoms with Crippen molar-refractivity contribution in [1.82, 2.24) is 25.1 Å². The summed E-state index contributed by atoms with van der Waals surface area (Å²) in [5, 5.41) is 11.4. The van der Waals surface area contributed by atoms with Crippen LogP contribution in [0.1, 0.15) is 10.4 Å². The molecule has 31 heavy (non-hydrogen) atoms. The number of anilines is 2. The highest BCUT2D eigenvalue weighted by Crippen LogP contribution is 2.29. The first-order chi connectivity index (χ1) is 15.0. The summed E-state index contributed by atoms with van der Waals surface area (Å²) in [6.45, 7) is 3.32. The smallest absolute Gasteiger partial charge is 0.345 e. The number of nitrogens with zero attached hydrogens (tertiary/aromatic N) is 4. The van der Waals surface area contributed by atoms with Crippen LogP contribution in [0, 0.1) is 5.82 Å². The number of aromatic nitrogens is 4. The molecular weight excluding hydrogens is 401 g/mol. The molecule has 0 saturated carbocycles. The van der Waals surface area contributed by atoms with E-state index in [2.05, 4.69) is 30.6 Å². The lowest BCUT2D eigenvalue weighted by Gasteiger charge is -2.30. The molecule has 0 bridgehead atoms. The summed E-state index contributed by atoms with van der Waals surface area (Å²) in [4.78, 5) is 33.7. The molecule has 1 aliphatic heterocycles. The number of piperazine rings is 1. The fourth-order valence-corrected chi connectivity index (χ4v) is 3.99. The predicted octanol–water partition coefficient (Wildman–Crippen LogP) is 1.61. The number of hydrogen-bond donors (Lipinski definition) is 3. The first-order valence-electron chi connectivity index (χ1n) is 9.91. The van der Waals surface area contributed by atoms with Crippen molar-refractivity contribution in [3.05, 3.63) is 58.5 Å². The van der Waals surface area contributed by atoms with Gasteiger partial charge in [-0.15, -0.1) is 0 Å². The van der Waals surface area contributed by atoms with Crippen molar-refractivity contribution in [2.45, 2.75) is 0 Å². The molecule has 4 aromatic rings. The van der Waals surface area contributed by atoms with Crippen molar-refractivity contribution in [1.29, 1.82) is 0 Å². The standard InChI is InChI=1S/C21H20FN7O2/c1-28-11-12-8-13(9-16(22)18(12)27-28)25-20(30)14-2-3-17(29-6-4-23-5-7-29)15-10-24-21(31)26-19(14)15/h2-3,8-11,23H,4-7H2,1H3,(H,25,30)(H,24,26,31). The average Bonchev–Trinajstić information content (AvgIpc) is 3.14.